The highest BCUT2D eigenvalue weighted by Gasteiger charge is 2.11. The molecule has 0 bridgehead atoms. The first kappa shape index (κ1) is 16.5. The molecule has 0 atom stereocenters. The Bertz CT molecular complexity index is 142. The monoisotopic (exact) mass is 262 g/mol. The van der Waals surface area contributed by atoms with Gasteiger partial charge in [0.1, 0.15) is 15.4 Å². The zero-order valence-corrected chi connectivity index (χ0v) is 12.9. The van der Waals surface area contributed by atoms with Crippen LogP contribution in [0.25, 0.3) is 0 Å². The fraction of sp³-hybridized carbons (Fsp3) is 1.00. The summed E-state index contributed by atoms with van der Waals surface area (Å²) < 4.78 is 11.5. The van der Waals surface area contributed by atoms with Crippen molar-refractivity contribution >= 4 is 22.1 Å². The van der Waals surface area contributed by atoms with Crippen molar-refractivity contribution in [1.29, 1.82) is 0 Å². The van der Waals surface area contributed by atoms with Crippen LogP contribution in [0.5, 0.6) is 0 Å². The fourth-order valence-corrected chi connectivity index (χ4v) is 2.53. The van der Waals surface area contributed by atoms with Gasteiger partial charge in [-0.1, -0.05) is 33.7 Å². The standard InChI is InChI=1S/C12H26O2SSi/c1-10(2)8-13-12(14-9-11(3)4)16-7-5-6-15/h10-12,15H,5-9H2,1-4H3. The van der Waals surface area contributed by atoms with E-state index in [1.165, 1.54) is 0 Å². The van der Waals surface area contributed by atoms with Gasteiger partial charge in [0.05, 0.1) is 13.2 Å². The smallest absolute Gasteiger partial charge is 0.137 e. The van der Waals surface area contributed by atoms with Crippen molar-refractivity contribution < 1.29 is 9.47 Å². The minimum atomic E-state index is 0.00434. The quantitative estimate of drug-likeness (QED) is 0.282. The molecule has 4 heteroatoms. The summed E-state index contributed by atoms with van der Waals surface area (Å²) in [4.78, 5) is 0. The Kier molecular flexibility index (Phi) is 11.0. The maximum atomic E-state index is 5.77. The van der Waals surface area contributed by atoms with Crippen LogP contribution in [0, 0.1) is 11.8 Å². The fourth-order valence-electron chi connectivity index (χ4n) is 1.02. The molecule has 0 N–H and O–H groups in total. The van der Waals surface area contributed by atoms with Crippen LogP contribution in [0.2, 0.25) is 6.04 Å². The average Bonchev–Trinajstić information content (AvgIpc) is 2.21. The van der Waals surface area contributed by atoms with E-state index in [9.17, 15) is 0 Å². The van der Waals surface area contributed by atoms with Gasteiger partial charge in [-0.2, -0.15) is 12.6 Å². The molecule has 0 aromatic heterocycles. The van der Waals surface area contributed by atoms with Gasteiger partial charge in [0, 0.05) is 0 Å². The lowest BCUT2D eigenvalue weighted by molar-refractivity contribution is -0.104. The van der Waals surface area contributed by atoms with E-state index in [0.29, 0.717) is 11.8 Å². The first-order valence-electron chi connectivity index (χ1n) is 6.13. The molecule has 0 unspecified atom stereocenters. The number of ether oxygens (including phenoxy) is 2. The summed E-state index contributed by atoms with van der Waals surface area (Å²) in [5, 5.41) is 0. The highest BCUT2D eigenvalue weighted by atomic mass is 32.1. The molecule has 0 aromatic carbocycles. The Hall–Kier alpha value is 0.487. The molecule has 0 heterocycles. The largest absolute Gasteiger partial charge is 0.357 e. The van der Waals surface area contributed by atoms with E-state index < -0.39 is 0 Å². The first-order chi connectivity index (χ1) is 7.56. The van der Waals surface area contributed by atoms with E-state index in [4.69, 9.17) is 9.47 Å². The van der Waals surface area contributed by atoms with E-state index in [1.807, 2.05) is 0 Å². The van der Waals surface area contributed by atoms with Crippen LogP contribution in [-0.4, -0.2) is 34.4 Å². The third-order valence-electron chi connectivity index (χ3n) is 1.81. The normalized spacial score (nSPS) is 12.0. The Morgan fingerprint density at radius 3 is 1.88 bits per heavy atom. The van der Waals surface area contributed by atoms with Gasteiger partial charge < -0.3 is 9.47 Å². The molecule has 96 valence electrons. The molecular weight excluding hydrogens is 236 g/mol. The molecule has 16 heavy (non-hydrogen) atoms. The number of hydrogen-bond acceptors (Lipinski definition) is 3. The van der Waals surface area contributed by atoms with Crippen molar-refractivity contribution in [3.8, 4) is 0 Å². The van der Waals surface area contributed by atoms with Crippen LogP contribution in [-0.2, 0) is 9.47 Å². The lowest BCUT2D eigenvalue weighted by Crippen LogP contribution is -2.27. The van der Waals surface area contributed by atoms with Crippen molar-refractivity contribution in [1.82, 2.24) is 0 Å². The highest BCUT2D eigenvalue weighted by Crippen LogP contribution is 2.05. The number of rotatable bonds is 10. The van der Waals surface area contributed by atoms with Gasteiger partial charge in [-0.05, 0) is 24.0 Å². The molecule has 0 aromatic rings. The number of thiol groups is 1. The Morgan fingerprint density at radius 2 is 1.50 bits per heavy atom. The third kappa shape index (κ3) is 11.0. The summed E-state index contributed by atoms with van der Waals surface area (Å²) in [6, 6.07) is 1.16. The van der Waals surface area contributed by atoms with Gasteiger partial charge in [-0.15, -0.1) is 0 Å². The average molecular weight is 262 g/mol. The lowest BCUT2D eigenvalue weighted by Gasteiger charge is -2.20. The van der Waals surface area contributed by atoms with Gasteiger partial charge in [0.2, 0.25) is 0 Å². The maximum absolute atomic E-state index is 5.77. The van der Waals surface area contributed by atoms with Gasteiger partial charge in [0.15, 0.2) is 0 Å². The predicted octanol–water partition coefficient (Wildman–Crippen LogP) is 3.06. The Morgan fingerprint density at radius 1 is 1.00 bits per heavy atom. The second kappa shape index (κ2) is 10.6. The minimum Gasteiger partial charge on any atom is -0.357 e. The summed E-state index contributed by atoms with van der Waals surface area (Å²) in [5.74, 6) is 2.10. The Labute approximate surface area is 109 Å². The summed E-state index contributed by atoms with van der Waals surface area (Å²) in [7, 11) is 0.736. The second-order valence-electron chi connectivity index (χ2n) is 4.82. The molecule has 2 radical (unpaired) electrons. The van der Waals surface area contributed by atoms with Crippen molar-refractivity contribution in [2.75, 3.05) is 19.0 Å². The van der Waals surface area contributed by atoms with E-state index in [0.717, 1.165) is 41.0 Å². The van der Waals surface area contributed by atoms with Gasteiger partial charge in [-0.25, -0.2) is 0 Å². The summed E-state index contributed by atoms with van der Waals surface area (Å²) in [5.41, 5.74) is 0. The molecule has 0 aliphatic heterocycles. The van der Waals surface area contributed by atoms with Crippen LogP contribution in [0.15, 0.2) is 0 Å². The third-order valence-corrected chi connectivity index (χ3v) is 3.43. The topological polar surface area (TPSA) is 18.5 Å². The molecule has 0 spiro atoms. The van der Waals surface area contributed by atoms with Crippen LogP contribution in [0.1, 0.15) is 34.1 Å². The molecule has 2 nitrogen and oxygen atoms in total. The van der Waals surface area contributed by atoms with Crippen LogP contribution >= 0.6 is 12.6 Å². The van der Waals surface area contributed by atoms with E-state index in [2.05, 4.69) is 40.3 Å². The van der Waals surface area contributed by atoms with Crippen molar-refractivity contribution in [3.05, 3.63) is 0 Å². The van der Waals surface area contributed by atoms with Crippen LogP contribution < -0.4 is 0 Å². The molecule has 0 saturated carbocycles. The van der Waals surface area contributed by atoms with E-state index in [1.54, 1.807) is 0 Å². The molecular formula is C12H26O2SSi. The van der Waals surface area contributed by atoms with Crippen molar-refractivity contribution in [2.24, 2.45) is 11.8 Å². The predicted molar refractivity (Wildman–Crippen MR) is 74.4 cm³/mol. The molecule has 0 aliphatic carbocycles. The summed E-state index contributed by atoms with van der Waals surface area (Å²) in [6.45, 7) is 10.2. The molecule has 0 rings (SSSR count). The van der Waals surface area contributed by atoms with Crippen molar-refractivity contribution in [2.45, 2.75) is 46.1 Å². The molecule has 0 amide bonds. The molecule has 0 aliphatic rings. The van der Waals surface area contributed by atoms with Crippen molar-refractivity contribution in [3.63, 3.8) is 0 Å². The van der Waals surface area contributed by atoms with E-state index in [-0.39, 0.29) is 5.91 Å². The zero-order chi connectivity index (χ0) is 12.4. The molecule has 0 fully saturated rings. The SMILES string of the molecule is CC(C)COC(OCC(C)C)[Si]CCCS. The number of hydrogen-bond donors (Lipinski definition) is 1. The second-order valence-corrected chi connectivity index (χ2v) is 6.64. The van der Waals surface area contributed by atoms with Gasteiger partial charge in [-0.3, -0.25) is 0 Å². The maximum Gasteiger partial charge on any atom is 0.137 e. The first-order valence-corrected chi connectivity index (χ1v) is 8.05. The lowest BCUT2D eigenvalue weighted by atomic mass is 10.2. The van der Waals surface area contributed by atoms with E-state index >= 15 is 0 Å². The highest BCUT2D eigenvalue weighted by molar-refractivity contribution is 7.80. The molecule has 0 saturated heterocycles. The van der Waals surface area contributed by atoms with Crippen LogP contribution in [0.3, 0.4) is 0 Å². The minimum absolute atomic E-state index is 0.00434. The van der Waals surface area contributed by atoms with Crippen LogP contribution in [0.4, 0.5) is 0 Å². The Balaban J connectivity index is 3.76. The summed E-state index contributed by atoms with van der Waals surface area (Å²) in [6.07, 6.45) is 1.15. The van der Waals surface area contributed by atoms with Gasteiger partial charge in [0.25, 0.3) is 0 Å². The van der Waals surface area contributed by atoms with Gasteiger partial charge >= 0.3 is 0 Å². The zero-order valence-electron chi connectivity index (χ0n) is 11.0. The summed E-state index contributed by atoms with van der Waals surface area (Å²) >= 11 is 4.22.